The van der Waals surface area contributed by atoms with Gasteiger partial charge in [0.15, 0.2) is 34.7 Å². The maximum absolute atomic E-state index is 14.2. The van der Waals surface area contributed by atoms with Crippen LogP contribution in [0.15, 0.2) is 36.4 Å². The predicted molar refractivity (Wildman–Crippen MR) is 150 cm³/mol. The highest BCUT2D eigenvalue weighted by molar-refractivity contribution is 6.32. The fraction of sp³-hybridized carbons (Fsp3) is 0.433. The minimum absolute atomic E-state index is 0.0376. The van der Waals surface area contributed by atoms with Gasteiger partial charge in [-0.3, -0.25) is 34.2 Å². The molecule has 3 aliphatic carbocycles. The van der Waals surface area contributed by atoms with Crippen LogP contribution < -0.4 is 11.1 Å². The van der Waals surface area contributed by atoms with Gasteiger partial charge < -0.3 is 21.1 Å². The number of hydrogen-bond donors (Lipinski definition) is 5. The van der Waals surface area contributed by atoms with E-state index in [2.05, 4.69) is 5.32 Å². The number of likely N-dealkylation sites (N-methyl/N-ethyl adjacent to an activating group) is 1. The average molecular weight is 598 g/mol. The number of Topliss-reactive ketones (excluding diaryl/α,β-unsaturated/α-hetero) is 4. The van der Waals surface area contributed by atoms with E-state index in [1.54, 1.807) is 6.07 Å². The number of carbonyl (C=O) groups excluding carboxylic acids is 5. The van der Waals surface area contributed by atoms with E-state index >= 15 is 0 Å². The zero-order valence-electron chi connectivity index (χ0n) is 23.0. The third-order valence-corrected chi connectivity index (χ3v) is 9.19. The van der Waals surface area contributed by atoms with Gasteiger partial charge in [0.1, 0.15) is 12.0 Å². The number of nitrogens with zero attached hydrogens (tertiary/aromatic N) is 1. The van der Waals surface area contributed by atoms with Crippen LogP contribution in [0.1, 0.15) is 27.9 Å². The first-order chi connectivity index (χ1) is 19.8. The molecule has 12 heteroatoms. The molecule has 0 radical (unpaired) electrons. The number of alkyl halides is 1. The van der Waals surface area contributed by atoms with E-state index in [9.17, 15) is 39.3 Å². The van der Waals surface area contributed by atoms with Crippen molar-refractivity contribution < 1.29 is 39.3 Å². The molecule has 0 spiro atoms. The molecule has 0 saturated heterocycles. The van der Waals surface area contributed by atoms with E-state index in [-0.39, 0.29) is 36.4 Å². The number of primary amides is 1. The number of halogens is 1. The number of rotatable bonds is 7. The first kappa shape index (κ1) is 30.0. The SMILES string of the molecule is CN(C)[C@@H]1C(=O)C(C(N)=O)C(=O)[C@@]2(O)C(=O)C3C(=O)c4c(O)c(CN[C@@H](O)CCl)cc(-c5ccccc5)c4C[C@H]3C[C@@H]12. The molecule has 1 amide bonds. The lowest BCUT2D eigenvalue weighted by molar-refractivity contribution is -0.181. The van der Waals surface area contributed by atoms with Gasteiger partial charge in [-0.05, 0) is 55.6 Å². The highest BCUT2D eigenvalue weighted by atomic mass is 35.5. The van der Waals surface area contributed by atoms with Gasteiger partial charge in [-0.15, -0.1) is 11.6 Å². The summed E-state index contributed by atoms with van der Waals surface area (Å²) >= 11 is 5.69. The Morgan fingerprint density at radius 1 is 1.17 bits per heavy atom. The topological polar surface area (TPSA) is 187 Å². The monoisotopic (exact) mass is 597 g/mol. The van der Waals surface area contributed by atoms with Gasteiger partial charge >= 0.3 is 0 Å². The van der Waals surface area contributed by atoms with Crippen molar-refractivity contribution in [3.8, 4) is 16.9 Å². The van der Waals surface area contributed by atoms with Gasteiger partial charge in [-0.1, -0.05) is 30.3 Å². The van der Waals surface area contributed by atoms with Crippen molar-refractivity contribution in [2.75, 3.05) is 20.0 Å². The van der Waals surface area contributed by atoms with Crippen molar-refractivity contribution >= 4 is 40.6 Å². The molecule has 11 nitrogen and oxygen atoms in total. The van der Waals surface area contributed by atoms with Gasteiger partial charge in [-0.25, -0.2) is 0 Å². The van der Waals surface area contributed by atoms with Crippen molar-refractivity contribution in [1.29, 1.82) is 0 Å². The summed E-state index contributed by atoms with van der Waals surface area (Å²) in [5.74, 6) is -11.2. The highest BCUT2D eigenvalue weighted by Crippen LogP contribution is 2.52. The highest BCUT2D eigenvalue weighted by Gasteiger charge is 2.69. The maximum atomic E-state index is 14.2. The molecule has 0 aliphatic heterocycles. The van der Waals surface area contributed by atoms with Gasteiger partial charge in [-0.2, -0.15) is 0 Å². The number of phenols is 1. The number of fused-ring (bicyclic) bond motifs is 3. The van der Waals surface area contributed by atoms with E-state index in [1.807, 2.05) is 30.3 Å². The smallest absolute Gasteiger partial charge is 0.235 e. The number of nitrogens with one attached hydrogen (secondary N) is 1. The van der Waals surface area contributed by atoms with E-state index in [0.29, 0.717) is 11.1 Å². The lowest BCUT2D eigenvalue weighted by atomic mass is 9.52. The maximum Gasteiger partial charge on any atom is 0.235 e. The molecular formula is C30H32ClN3O8. The van der Waals surface area contributed by atoms with Crippen LogP contribution in [0, 0.1) is 23.7 Å². The molecule has 6 N–H and O–H groups in total. The summed E-state index contributed by atoms with van der Waals surface area (Å²) in [7, 11) is 3.08. The summed E-state index contributed by atoms with van der Waals surface area (Å²) in [5.41, 5.74) is 4.61. The van der Waals surface area contributed by atoms with Crippen LogP contribution in [-0.2, 0) is 32.1 Å². The van der Waals surface area contributed by atoms with Gasteiger partial charge in [0, 0.05) is 18.0 Å². The molecule has 2 saturated carbocycles. The minimum Gasteiger partial charge on any atom is -0.507 e. The summed E-state index contributed by atoms with van der Waals surface area (Å²) < 4.78 is 0. The Hall–Kier alpha value is -3.48. The number of carbonyl (C=O) groups is 5. The Bertz CT molecular complexity index is 1500. The predicted octanol–water partition coefficient (Wildman–Crippen LogP) is 0.181. The Morgan fingerprint density at radius 3 is 2.43 bits per heavy atom. The Labute approximate surface area is 246 Å². The first-order valence-electron chi connectivity index (χ1n) is 13.6. The Morgan fingerprint density at radius 2 is 1.83 bits per heavy atom. The summed E-state index contributed by atoms with van der Waals surface area (Å²) in [6.45, 7) is -0.0560. The Balaban J connectivity index is 1.67. The number of nitrogens with two attached hydrogens (primary N) is 1. The fourth-order valence-electron chi connectivity index (χ4n) is 7.02. The van der Waals surface area contributed by atoms with Crippen LogP contribution in [0.4, 0.5) is 0 Å². The lowest BCUT2D eigenvalue weighted by Crippen LogP contribution is -2.74. The first-order valence-corrected chi connectivity index (χ1v) is 14.1. The summed E-state index contributed by atoms with van der Waals surface area (Å²) in [5, 5.41) is 35.8. The number of aromatic hydroxyl groups is 1. The summed E-state index contributed by atoms with van der Waals surface area (Å²) in [4.78, 5) is 68.6. The van der Waals surface area contributed by atoms with Crippen LogP contribution in [0.3, 0.4) is 0 Å². The molecule has 7 atom stereocenters. The molecule has 0 aromatic heterocycles. The van der Waals surface area contributed by atoms with Gasteiger partial charge in [0.25, 0.3) is 0 Å². The van der Waals surface area contributed by atoms with E-state index < -0.39 is 76.3 Å². The molecule has 2 aromatic carbocycles. The molecular weight excluding hydrogens is 566 g/mol. The Kier molecular flexibility index (Phi) is 7.84. The molecule has 0 bridgehead atoms. The fourth-order valence-corrected chi connectivity index (χ4v) is 7.13. The number of aliphatic hydroxyl groups is 2. The van der Waals surface area contributed by atoms with E-state index in [0.717, 1.165) is 5.56 Å². The number of hydrogen-bond acceptors (Lipinski definition) is 10. The van der Waals surface area contributed by atoms with Crippen molar-refractivity contribution in [3.05, 3.63) is 53.1 Å². The zero-order valence-corrected chi connectivity index (χ0v) is 23.8. The molecule has 0 heterocycles. The largest absolute Gasteiger partial charge is 0.507 e. The van der Waals surface area contributed by atoms with Crippen LogP contribution >= 0.6 is 11.6 Å². The lowest BCUT2D eigenvalue weighted by Gasteiger charge is -2.52. The van der Waals surface area contributed by atoms with Crippen LogP contribution in [0.2, 0.25) is 0 Å². The molecule has 222 valence electrons. The minimum atomic E-state index is -2.79. The second-order valence-electron chi connectivity index (χ2n) is 11.5. The van der Waals surface area contributed by atoms with Crippen molar-refractivity contribution in [2.45, 2.75) is 37.3 Å². The number of benzene rings is 2. The second-order valence-corrected chi connectivity index (χ2v) is 11.8. The zero-order chi connectivity index (χ0) is 30.7. The van der Waals surface area contributed by atoms with Gasteiger partial charge in [0.05, 0.1) is 23.4 Å². The molecule has 2 fully saturated rings. The second kappa shape index (κ2) is 11.0. The van der Waals surface area contributed by atoms with Crippen LogP contribution in [-0.4, -0.2) is 87.1 Å². The van der Waals surface area contributed by atoms with Crippen molar-refractivity contribution in [1.82, 2.24) is 10.2 Å². The number of phenolic OH excluding ortho intramolecular Hbond substituents is 1. The molecule has 42 heavy (non-hydrogen) atoms. The normalized spacial score (nSPS) is 29.6. The quantitative estimate of drug-likeness (QED) is 0.167. The number of aliphatic hydroxyl groups excluding tert-OH is 1. The van der Waals surface area contributed by atoms with Crippen LogP contribution in [0.5, 0.6) is 5.75 Å². The van der Waals surface area contributed by atoms with E-state index in [4.69, 9.17) is 17.3 Å². The molecule has 5 rings (SSSR count). The third-order valence-electron chi connectivity index (χ3n) is 8.90. The summed E-state index contributed by atoms with van der Waals surface area (Å²) in [6.07, 6.45) is -0.984. The molecule has 2 aromatic rings. The van der Waals surface area contributed by atoms with Crippen LogP contribution in [0.25, 0.3) is 11.1 Å². The van der Waals surface area contributed by atoms with E-state index in [1.165, 1.54) is 19.0 Å². The van der Waals surface area contributed by atoms with Gasteiger partial charge in [0.2, 0.25) is 5.91 Å². The average Bonchev–Trinajstić information content (AvgIpc) is 2.94. The standard InChI is InChI=1S/C30H32ClN3O8/c1-34(2)23-18-10-14-8-17-16(13-6-4-3-5-7-13)9-15(12-33-19(35)11-31)24(36)21(17)25(37)20(14)27(39)30(18,42)28(40)22(26(23)38)29(32)41/h3-7,9,14,18-20,22-23,33,35-36,42H,8,10-12H2,1-2H3,(H2,32,41)/t14-,18-,19-,20?,22?,23-,30-/m0/s1. The molecule has 3 aliphatic rings. The third kappa shape index (κ3) is 4.47. The number of ketones is 4. The van der Waals surface area contributed by atoms with Crippen molar-refractivity contribution in [2.24, 2.45) is 29.4 Å². The number of amides is 1. The summed E-state index contributed by atoms with van der Waals surface area (Å²) in [6, 6.07) is 9.67. The molecule has 2 unspecified atom stereocenters. The van der Waals surface area contributed by atoms with Crippen molar-refractivity contribution in [3.63, 3.8) is 0 Å².